The molecule has 7 heteroatoms. The Morgan fingerprint density at radius 3 is 3.04 bits per heavy atom. The number of aryl methyl sites for hydroxylation is 1. The third-order valence-electron chi connectivity index (χ3n) is 5.55. The summed E-state index contributed by atoms with van der Waals surface area (Å²) in [6, 6.07) is 2.94. The molecule has 3 N–H and O–H groups in total. The lowest BCUT2D eigenvalue weighted by molar-refractivity contribution is 0.0858. The van der Waals surface area contributed by atoms with Crippen LogP contribution in [0.5, 0.6) is 0 Å². The smallest absolute Gasteiger partial charge is 0.256 e. The second-order valence-corrected chi connectivity index (χ2v) is 7.13. The summed E-state index contributed by atoms with van der Waals surface area (Å²) in [6.07, 6.45) is 1.40. The topological polar surface area (TPSA) is 76.2 Å². The number of aromatic nitrogens is 2. The van der Waals surface area contributed by atoms with Crippen molar-refractivity contribution in [3.63, 3.8) is 0 Å². The van der Waals surface area contributed by atoms with E-state index in [1.807, 2.05) is 6.92 Å². The zero-order valence-corrected chi connectivity index (χ0v) is 15.2. The van der Waals surface area contributed by atoms with Crippen LogP contribution in [0.4, 0.5) is 15.9 Å². The second kappa shape index (κ2) is 6.39. The minimum Gasteiger partial charge on any atom is -0.385 e. The first kappa shape index (κ1) is 17.0. The lowest BCUT2D eigenvalue weighted by Gasteiger charge is -2.27. The van der Waals surface area contributed by atoms with Crippen molar-refractivity contribution >= 4 is 17.4 Å². The van der Waals surface area contributed by atoms with Gasteiger partial charge < -0.3 is 11.1 Å². The van der Waals surface area contributed by atoms with Gasteiger partial charge in [0.15, 0.2) is 0 Å². The van der Waals surface area contributed by atoms with Crippen LogP contribution < -0.4 is 11.1 Å². The van der Waals surface area contributed by atoms with E-state index < -0.39 is 5.92 Å². The molecule has 26 heavy (non-hydrogen) atoms. The molecule has 0 aliphatic carbocycles. The number of halogens is 1. The van der Waals surface area contributed by atoms with Crippen molar-refractivity contribution in [2.24, 2.45) is 0 Å². The Morgan fingerprint density at radius 2 is 2.27 bits per heavy atom. The van der Waals surface area contributed by atoms with Gasteiger partial charge in [0.2, 0.25) is 0 Å². The van der Waals surface area contributed by atoms with Gasteiger partial charge in [-0.2, -0.15) is 9.78 Å². The van der Waals surface area contributed by atoms with E-state index in [2.05, 4.69) is 22.2 Å². The molecule has 2 aliphatic rings. The molecule has 1 aromatic heterocycles. The first-order valence-corrected chi connectivity index (χ1v) is 9.16. The normalized spacial score (nSPS) is 19.6. The number of carbonyl (C=O) groups excluding carboxylic acids is 1. The van der Waals surface area contributed by atoms with Crippen LogP contribution in [0.2, 0.25) is 0 Å². The highest BCUT2D eigenvalue weighted by molar-refractivity contribution is 5.90. The first-order valence-electron chi connectivity index (χ1n) is 9.16. The molecule has 0 spiro atoms. The van der Waals surface area contributed by atoms with Gasteiger partial charge in [-0.25, -0.2) is 4.39 Å². The van der Waals surface area contributed by atoms with Gasteiger partial charge >= 0.3 is 0 Å². The van der Waals surface area contributed by atoms with Gasteiger partial charge in [-0.15, -0.1) is 0 Å². The molecule has 1 atom stereocenters. The molecule has 0 radical (unpaired) electrons. The third kappa shape index (κ3) is 2.67. The number of nitrogens with zero attached hydrogens (tertiary/aromatic N) is 3. The van der Waals surface area contributed by atoms with E-state index in [9.17, 15) is 9.18 Å². The van der Waals surface area contributed by atoms with Crippen LogP contribution in [-0.2, 0) is 13.0 Å². The average Bonchev–Trinajstić information content (AvgIpc) is 2.96. The molecule has 6 nitrogen and oxygen atoms in total. The van der Waals surface area contributed by atoms with Crippen LogP contribution in [-0.4, -0.2) is 40.2 Å². The van der Waals surface area contributed by atoms with Crippen molar-refractivity contribution in [3.8, 4) is 0 Å². The Balaban J connectivity index is 1.71. The number of hydrogen-bond donors (Lipinski definition) is 2. The highest BCUT2D eigenvalue weighted by atomic mass is 19.1. The fourth-order valence-electron chi connectivity index (χ4n) is 4.10. The molecule has 2 aliphatic heterocycles. The summed E-state index contributed by atoms with van der Waals surface area (Å²) in [7, 11) is 0. The van der Waals surface area contributed by atoms with Gasteiger partial charge in [0.1, 0.15) is 11.6 Å². The van der Waals surface area contributed by atoms with E-state index in [0.717, 1.165) is 42.0 Å². The van der Waals surface area contributed by atoms with E-state index in [1.54, 1.807) is 0 Å². The maximum Gasteiger partial charge on any atom is 0.256 e. The van der Waals surface area contributed by atoms with E-state index in [4.69, 9.17) is 5.73 Å². The maximum absolute atomic E-state index is 13.9. The SMILES string of the molecule is CCN1CCc2c(nn(C(=O)C3CCNc4c(C)cc(F)cc43)c2N)C1. The molecule has 0 amide bonds. The van der Waals surface area contributed by atoms with Crippen molar-refractivity contribution in [1.82, 2.24) is 14.7 Å². The van der Waals surface area contributed by atoms with Crippen LogP contribution >= 0.6 is 0 Å². The van der Waals surface area contributed by atoms with Crippen molar-refractivity contribution in [1.29, 1.82) is 0 Å². The molecule has 2 aromatic rings. The summed E-state index contributed by atoms with van der Waals surface area (Å²) in [6.45, 7) is 7.21. The zero-order chi connectivity index (χ0) is 18.4. The molecule has 0 saturated carbocycles. The largest absolute Gasteiger partial charge is 0.385 e. The predicted octanol–water partition coefficient (Wildman–Crippen LogP) is 2.53. The minimum atomic E-state index is -0.438. The highest BCUT2D eigenvalue weighted by Crippen LogP contribution is 2.36. The average molecular weight is 357 g/mol. The number of nitrogen functional groups attached to an aromatic ring is 1. The molecule has 0 fully saturated rings. The molecule has 1 unspecified atom stereocenters. The van der Waals surface area contributed by atoms with Gasteiger partial charge in [-0.05, 0) is 49.6 Å². The number of carbonyl (C=O) groups is 1. The molecular formula is C19H24FN5O. The number of rotatable bonds is 2. The Morgan fingerprint density at radius 1 is 1.46 bits per heavy atom. The maximum atomic E-state index is 13.9. The third-order valence-corrected chi connectivity index (χ3v) is 5.55. The predicted molar refractivity (Wildman–Crippen MR) is 98.9 cm³/mol. The Bertz CT molecular complexity index is 875. The van der Waals surface area contributed by atoms with E-state index in [-0.39, 0.29) is 11.7 Å². The van der Waals surface area contributed by atoms with Gasteiger partial charge in [-0.1, -0.05) is 6.92 Å². The molecule has 1 aromatic carbocycles. The number of likely N-dealkylation sites (N-methyl/N-ethyl adjacent to an activating group) is 1. The summed E-state index contributed by atoms with van der Waals surface area (Å²) in [5.41, 5.74) is 10.5. The van der Waals surface area contributed by atoms with Crippen molar-refractivity contribution in [3.05, 3.63) is 40.3 Å². The fraction of sp³-hybridized carbons (Fsp3) is 0.474. The van der Waals surface area contributed by atoms with E-state index >= 15 is 0 Å². The molecule has 138 valence electrons. The summed E-state index contributed by atoms with van der Waals surface area (Å²) in [5.74, 6) is -0.498. The highest BCUT2D eigenvalue weighted by Gasteiger charge is 2.32. The van der Waals surface area contributed by atoms with Crippen LogP contribution in [0.25, 0.3) is 0 Å². The Kier molecular flexibility index (Phi) is 4.19. The number of nitrogens with two attached hydrogens (primary N) is 1. The summed E-state index contributed by atoms with van der Waals surface area (Å²) in [5, 5.41) is 7.81. The van der Waals surface area contributed by atoms with Gasteiger partial charge in [0.25, 0.3) is 5.91 Å². The molecule has 0 saturated heterocycles. The Labute approximate surface area is 152 Å². The molecular weight excluding hydrogens is 333 g/mol. The lowest BCUT2D eigenvalue weighted by atomic mass is 9.88. The van der Waals surface area contributed by atoms with Crippen LogP contribution in [0, 0.1) is 12.7 Å². The van der Waals surface area contributed by atoms with Crippen molar-refractivity contribution in [2.45, 2.75) is 39.2 Å². The zero-order valence-electron chi connectivity index (χ0n) is 15.2. The van der Waals surface area contributed by atoms with Crippen LogP contribution in [0.1, 0.15) is 46.4 Å². The van der Waals surface area contributed by atoms with Gasteiger partial charge in [0.05, 0.1) is 11.6 Å². The Hall–Kier alpha value is -2.41. The quantitative estimate of drug-likeness (QED) is 0.864. The van der Waals surface area contributed by atoms with Crippen molar-refractivity contribution in [2.75, 3.05) is 30.7 Å². The van der Waals surface area contributed by atoms with Gasteiger partial charge in [0, 0.05) is 30.9 Å². The number of hydrogen-bond acceptors (Lipinski definition) is 5. The fourth-order valence-corrected chi connectivity index (χ4v) is 4.10. The van der Waals surface area contributed by atoms with Crippen LogP contribution in [0.3, 0.4) is 0 Å². The van der Waals surface area contributed by atoms with E-state index in [1.165, 1.54) is 16.8 Å². The number of fused-ring (bicyclic) bond motifs is 2. The summed E-state index contributed by atoms with van der Waals surface area (Å²) in [4.78, 5) is 15.5. The lowest BCUT2D eigenvalue weighted by Crippen LogP contribution is -2.30. The summed E-state index contributed by atoms with van der Waals surface area (Å²) >= 11 is 0. The van der Waals surface area contributed by atoms with Gasteiger partial charge in [-0.3, -0.25) is 9.69 Å². The second-order valence-electron chi connectivity index (χ2n) is 7.13. The molecule has 0 bridgehead atoms. The van der Waals surface area contributed by atoms with Crippen molar-refractivity contribution < 1.29 is 9.18 Å². The molecule has 4 rings (SSSR count). The van der Waals surface area contributed by atoms with E-state index in [0.29, 0.717) is 30.9 Å². The number of anilines is 2. The minimum absolute atomic E-state index is 0.173. The first-order chi connectivity index (χ1) is 12.5. The number of nitrogens with one attached hydrogen (secondary N) is 1. The monoisotopic (exact) mass is 357 g/mol. The van der Waals surface area contributed by atoms with Crippen LogP contribution in [0.15, 0.2) is 12.1 Å². The molecule has 3 heterocycles. The summed E-state index contributed by atoms with van der Waals surface area (Å²) < 4.78 is 15.3. The number of benzene rings is 1. The standard InChI is InChI=1S/C19H24FN5O/c1-3-24-7-5-14-16(10-24)23-25(18(14)21)19(26)13-4-6-22-17-11(2)8-12(20)9-15(13)17/h8-9,13,22H,3-7,10,21H2,1-2H3.